The molecular weight excluding hydrogens is 285 g/mol. The van der Waals surface area contributed by atoms with Crippen molar-refractivity contribution in [2.45, 2.75) is 18.9 Å². The van der Waals surface area contributed by atoms with Gasteiger partial charge >= 0.3 is 0 Å². The molecule has 1 aliphatic rings. The number of nitrogens with one attached hydrogen (secondary N) is 1. The standard InChI is InChI=1S/C16H18FN3O2/c1-20(9-11-3-2-4-13(17)7-11)16(21)14-8-18-19-15(14)12-5-6-22-10-12/h2-4,7-8,12H,5-6,9-10H2,1H3,(H,18,19)/t12-/m1/s1. The molecule has 0 bridgehead atoms. The van der Waals surface area contributed by atoms with Gasteiger partial charge in [-0.05, 0) is 24.1 Å². The highest BCUT2D eigenvalue weighted by Crippen LogP contribution is 2.26. The predicted octanol–water partition coefficient (Wildman–Crippen LogP) is 2.32. The average Bonchev–Trinajstić information content (AvgIpc) is 3.17. The zero-order valence-electron chi connectivity index (χ0n) is 12.4. The van der Waals surface area contributed by atoms with Crippen LogP contribution in [-0.2, 0) is 11.3 Å². The van der Waals surface area contributed by atoms with Gasteiger partial charge in [0.15, 0.2) is 0 Å². The van der Waals surface area contributed by atoms with Gasteiger partial charge in [-0.2, -0.15) is 5.10 Å². The molecule has 0 radical (unpaired) electrons. The molecule has 1 aliphatic heterocycles. The molecule has 6 heteroatoms. The van der Waals surface area contributed by atoms with Crippen molar-refractivity contribution in [2.75, 3.05) is 20.3 Å². The Morgan fingerprint density at radius 2 is 2.41 bits per heavy atom. The Morgan fingerprint density at radius 3 is 3.14 bits per heavy atom. The van der Waals surface area contributed by atoms with Crippen LogP contribution in [0.5, 0.6) is 0 Å². The third-order valence-electron chi connectivity index (χ3n) is 3.89. The largest absolute Gasteiger partial charge is 0.381 e. The molecule has 22 heavy (non-hydrogen) atoms. The van der Waals surface area contributed by atoms with E-state index in [1.54, 1.807) is 30.3 Å². The summed E-state index contributed by atoms with van der Waals surface area (Å²) in [7, 11) is 1.70. The first-order valence-corrected chi connectivity index (χ1v) is 7.26. The summed E-state index contributed by atoms with van der Waals surface area (Å²) in [4.78, 5) is 14.2. The molecular formula is C16H18FN3O2. The van der Waals surface area contributed by atoms with Crippen LogP contribution in [0.1, 0.15) is 34.0 Å². The van der Waals surface area contributed by atoms with Crippen LogP contribution in [0.4, 0.5) is 4.39 Å². The number of aromatic nitrogens is 2. The zero-order valence-corrected chi connectivity index (χ0v) is 12.4. The second-order valence-electron chi connectivity index (χ2n) is 5.55. The number of aromatic amines is 1. The maximum absolute atomic E-state index is 13.2. The van der Waals surface area contributed by atoms with Gasteiger partial charge in [-0.25, -0.2) is 4.39 Å². The fourth-order valence-electron chi connectivity index (χ4n) is 2.73. The van der Waals surface area contributed by atoms with E-state index in [1.807, 2.05) is 0 Å². The number of nitrogens with zero attached hydrogens (tertiary/aromatic N) is 2. The van der Waals surface area contributed by atoms with Gasteiger partial charge in [-0.15, -0.1) is 0 Å². The van der Waals surface area contributed by atoms with Crippen molar-refractivity contribution in [1.29, 1.82) is 0 Å². The highest BCUT2D eigenvalue weighted by Gasteiger charge is 2.26. The highest BCUT2D eigenvalue weighted by molar-refractivity contribution is 5.95. The lowest BCUT2D eigenvalue weighted by atomic mass is 10.0. The third-order valence-corrected chi connectivity index (χ3v) is 3.89. The van der Waals surface area contributed by atoms with Gasteiger partial charge < -0.3 is 9.64 Å². The number of amides is 1. The summed E-state index contributed by atoms with van der Waals surface area (Å²) in [6, 6.07) is 6.26. The number of benzene rings is 1. The summed E-state index contributed by atoms with van der Waals surface area (Å²) in [5, 5.41) is 6.92. The van der Waals surface area contributed by atoms with E-state index in [0.29, 0.717) is 25.3 Å². The lowest BCUT2D eigenvalue weighted by Gasteiger charge is -2.18. The molecule has 0 spiro atoms. The average molecular weight is 303 g/mol. The van der Waals surface area contributed by atoms with E-state index in [-0.39, 0.29) is 17.6 Å². The summed E-state index contributed by atoms with van der Waals surface area (Å²) in [5.41, 5.74) is 2.15. The van der Waals surface area contributed by atoms with Crippen LogP contribution < -0.4 is 0 Å². The fraction of sp³-hybridized carbons (Fsp3) is 0.375. The van der Waals surface area contributed by atoms with E-state index in [9.17, 15) is 9.18 Å². The van der Waals surface area contributed by atoms with Crippen LogP contribution in [0.15, 0.2) is 30.5 Å². The van der Waals surface area contributed by atoms with Gasteiger partial charge in [-0.1, -0.05) is 12.1 Å². The lowest BCUT2D eigenvalue weighted by Crippen LogP contribution is -2.27. The van der Waals surface area contributed by atoms with E-state index in [4.69, 9.17) is 4.74 Å². The first-order chi connectivity index (χ1) is 10.6. The minimum atomic E-state index is -0.301. The smallest absolute Gasteiger partial charge is 0.257 e. The topological polar surface area (TPSA) is 58.2 Å². The minimum absolute atomic E-state index is 0.125. The van der Waals surface area contributed by atoms with Crippen molar-refractivity contribution in [3.63, 3.8) is 0 Å². The van der Waals surface area contributed by atoms with Crippen LogP contribution in [0.2, 0.25) is 0 Å². The van der Waals surface area contributed by atoms with E-state index in [1.165, 1.54) is 12.1 Å². The maximum Gasteiger partial charge on any atom is 0.257 e. The quantitative estimate of drug-likeness (QED) is 0.943. The Labute approximate surface area is 128 Å². The fourth-order valence-corrected chi connectivity index (χ4v) is 2.73. The normalized spacial score (nSPS) is 17.6. The molecule has 0 saturated carbocycles. The van der Waals surface area contributed by atoms with E-state index in [0.717, 1.165) is 17.7 Å². The molecule has 1 amide bonds. The number of rotatable bonds is 4. The molecule has 3 rings (SSSR count). The Kier molecular flexibility index (Phi) is 4.20. The van der Waals surface area contributed by atoms with Gasteiger partial charge in [0.25, 0.3) is 5.91 Å². The molecule has 1 N–H and O–H groups in total. The highest BCUT2D eigenvalue weighted by atomic mass is 19.1. The summed E-state index contributed by atoms with van der Waals surface area (Å²) in [5.74, 6) is -0.241. The Hall–Kier alpha value is -2.21. The SMILES string of the molecule is CN(Cc1cccc(F)c1)C(=O)c1cn[nH]c1[C@@H]1CCOC1. The molecule has 1 aromatic heterocycles. The van der Waals surface area contributed by atoms with E-state index >= 15 is 0 Å². The van der Waals surface area contributed by atoms with Gasteiger partial charge in [0.2, 0.25) is 0 Å². The third kappa shape index (κ3) is 3.01. The molecule has 2 heterocycles. The lowest BCUT2D eigenvalue weighted by molar-refractivity contribution is 0.0783. The minimum Gasteiger partial charge on any atom is -0.381 e. The Bertz CT molecular complexity index is 665. The Balaban J connectivity index is 1.74. The van der Waals surface area contributed by atoms with Crippen molar-refractivity contribution in [1.82, 2.24) is 15.1 Å². The van der Waals surface area contributed by atoms with E-state index in [2.05, 4.69) is 10.2 Å². The van der Waals surface area contributed by atoms with Crippen molar-refractivity contribution in [3.8, 4) is 0 Å². The van der Waals surface area contributed by atoms with E-state index < -0.39 is 0 Å². The second kappa shape index (κ2) is 6.27. The summed E-state index contributed by atoms with van der Waals surface area (Å²) < 4.78 is 18.6. The maximum atomic E-state index is 13.2. The summed E-state index contributed by atoms with van der Waals surface area (Å²) >= 11 is 0. The van der Waals surface area contributed by atoms with Gasteiger partial charge in [-0.3, -0.25) is 9.89 Å². The molecule has 1 saturated heterocycles. The van der Waals surface area contributed by atoms with Crippen LogP contribution in [0, 0.1) is 5.82 Å². The predicted molar refractivity (Wildman–Crippen MR) is 79.0 cm³/mol. The summed E-state index contributed by atoms with van der Waals surface area (Å²) in [6.07, 6.45) is 2.44. The summed E-state index contributed by atoms with van der Waals surface area (Å²) in [6.45, 7) is 1.66. The number of ether oxygens (including phenoxy) is 1. The van der Waals surface area contributed by atoms with Crippen molar-refractivity contribution < 1.29 is 13.9 Å². The number of H-pyrrole nitrogens is 1. The number of hydrogen-bond acceptors (Lipinski definition) is 3. The Morgan fingerprint density at radius 1 is 1.55 bits per heavy atom. The molecule has 5 nitrogen and oxygen atoms in total. The zero-order chi connectivity index (χ0) is 15.5. The van der Waals surface area contributed by atoms with Crippen molar-refractivity contribution in [2.24, 2.45) is 0 Å². The van der Waals surface area contributed by atoms with Crippen LogP contribution in [-0.4, -0.2) is 41.3 Å². The first kappa shape index (κ1) is 14.7. The van der Waals surface area contributed by atoms with Gasteiger partial charge in [0, 0.05) is 26.1 Å². The second-order valence-corrected chi connectivity index (χ2v) is 5.55. The first-order valence-electron chi connectivity index (χ1n) is 7.26. The molecule has 2 aromatic rings. The monoisotopic (exact) mass is 303 g/mol. The van der Waals surface area contributed by atoms with Crippen LogP contribution >= 0.6 is 0 Å². The van der Waals surface area contributed by atoms with Gasteiger partial charge in [0.1, 0.15) is 5.82 Å². The van der Waals surface area contributed by atoms with Crippen molar-refractivity contribution >= 4 is 5.91 Å². The van der Waals surface area contributed by atoms with Crippen LogP contribution in [0.3, 0.4) is 0 Å². The molecule has 116 valence electrons. The number of carbonyl (C=O) groups is 1. The molecule has 0 aliphatic carbocycles. The van der Waals surface area contributed by atoms with Crippen LogP contribution in [0.25, 0.3) is 0 Å². The molecule has 1 atom stereocenters. The number of carbonyl (C=O) groups excluding carboxylic acids is 1. The van der Waals surface area contributed by atoms with Crippen molar-refractivity contribution in [3.05, 3.63) is 53.1 Å². The number of hydrogen-bond donors (Lipinski definition) is 1. The number of halogens is 1. The van der Waals surface area contributed by atoms with Gasteiger partial charge in [0.05, 0.1) is 24.1 Å². The molecule has 1 fully saturated rings. The molecule has 0 unspecified atom stereocenters. The molecule has 1 aromatic carbocycles.